The van der Waals surface area contributed by atoms with Gasteiger partial charge in [0.1, 0.15) is 11.2 Å². The Balaban J connectivity index is 1.10. The topological polar surface area (TPSA) is 27.9 Å². The zero-order valence-electron chi connectivity index (χ0n) is 34.6. The largest absolute Gasteiger partial charge is 0.456 e. The summed E-state index contributed by atoms with van der Waals surface area (Å²) in [5.74, 6) is 0. The van der Waals surface area contributed by atoms with E-state index < -0.39 is 0 Å². The van der Waals surface area contributed by atoms with Crippen molar-refractivity contribution in [3.8, 4) is 39.3 Å². The van der Waals surface area contributed by atoms with Gasteiger partial charge < -0.3 is 18.1 Å². The summed E-state index contributed by atoms with van der Waals surface area (Å²) in [4.78, 5) is 0. The highest BCUT2D eigenvalue weighted by Gasteiger charge is 2.23. The molecule has 0 amide bonds. The van der Waals surface area contributed by atoms with Crippen molar-refractivity contribution < 1.29 is 4.42 Å². The third-order valence-corrected chi connectivity index (χ3v) is 13.4. The summed E-state index contributed by atoms with van der Waals surface area (Å²) in [7, 11) is 0. The Morgan fingerprint density at radius 3 is 1.48 bits per heavy atom. The third kappa shape index (κ3) is 4.99. The zero-order valence-corrected chi connectivity index (χ0v) is 34.6. The molecule has 14 rings (SSSR count). The van der Waals surface area contributed by atoms with E-state index >= 15 is 0 Å². The molecule has 0 fully saturated rings. The smallest absolute Gasteiger partial charge is 0.135 e. The van der Waals surface area contributed by atoms with Crippen molar-refractivity contribution in [1.82, 2.24) is 13.7 Å². The fourth-order valence-electron chi connectivity index (χ4n) is 10.7. The van der Waals surface area contributed by atoms with E-state index in [4.69, 9.17) is 4.42 Å². The molecule has 4 heteroatoms. The molecule has 0 aliphatic heterocycles. The number of aromatic nitrogens is 3. The van der Waals surface area contributed by atoms with E-state index in [0.717, 1.165) is 55.6 Å². The predicted molar refractivity (Wildman–Crippen MR) is 268 cm³/mol. The van der Waals surface area contributed by atoms with Gasteiger partial charge in [-0.25, -0.2) is 0 Å². The van der Waals surface area contributed by atoms with Crippen LogP contribution in [0.2, 0.25) is 0 Å². The van der Waals surface area contributed by atoms with Crippen molar-refractivity contribution in [3.05, 3.63) is 224 Å². The van der Waals surface area contributed by atoms with Gasteiger partial charge in [0.25, 0.3) is 0 Å². The minimum atomic E-state index is 0.886. The lowest BCUT2D eigenvalue weighted by Crippen LogP contribution is -1.98. The van der Waals surface area contributed by atoms with E-state index in [1.807, 2.05) is 6.07 Å². The molecule has 0 N–H and O–H groups in total. The zero-order chi connectivity index (χ0) is 41.9. The Kier molecular flexibility index (Phi) is 7.36. The van der Waals surface area contributed by atoms with Gasteiger partial charge in [-0.05, 0) is 108 Å². The van der Waals surface area contributed by atoms with Crippen LogP contribution in [-0.4, -0.2) is 13.7 Å². The average Bonchev–Trinajstić information content (AvgIpc) is 4.10. The van der Waals surface area contributed by atoms with Crippen molar-refractivity contribution in [2.45, 2.75) is 0 Å². The molecule has 298 valence electrons. The van der Waals surface area contributed by atoms with E-state index in [1.54, 1.807) is 0 Å². The second-order valence-electron chi connectivity index (χ2n) is 16.9. The number of rotatable bonds is 5. The maximum Gasteiger partial charge on any atom is 0.135 e. The molecule has 0 atom stereocenters. The Morgan fingerprint density at radius 1 is 0.250 bits per heavy atom. The van der Waals surface area contributed by atoms with Gasteiger partial charge in [-0.3, -0.25) is 0 Å². The molecule has 64 heavy (non-hydrogen) atoms. The predicted octanol–water partition coefficient (Wildman–Crippen LogP) is 16.2. The maximum absolute atomic E-state index is 6.38. The van der Waals surface area contributed by atoms with Gasteiger partial charge in [-0.15, -0.1) is 0 Å². The van der Waals surface area contributed by atoms with Crippen molar-refractivity contribution in [3.63, 3.8) is 0 Å². The molecule has 0 aliphatic carbocycles. The molecule has 0 aliphatic rings. The molecule has 0 radical (unpaired) electrons. The number of hydrogen-bond donors (Lipinski definition) is 0. The first-order chi connectivity index (χ1) is 31.8. The standard InChI is InChI=1S/C60H37N3O/c1-3-16-39(17-4-1)61-53-26-11-8-21-43(53)50-35-41(31-32-56(50)61)63-55-28-13-7-20-42(55)46-24-15-25-47(60(46)63)49-36-51-44-22-9-12-27-54(44)62(40-18-5-2-6-19-40)57(51)37-48(49)38-30-33-59-52(34-38)45-23-10-14-29-58(45)64-59/h1-37H. The van der Waals surface area contributed by atoms with Crippen LogP contribution in [0, 0.1) is 0 Å². The van der Waals surface area contributed by atoms with Crippen LogP contribution < -0.4 is 0 Å². The highest BCUT2D eigenvalue weighted by Crippen LogP contribution is 2.46. The van der Waals surface area contributed by atoms with Gasteiger partial charge in [0, 0.05) is 65.7 Å². The van der Waals surface area contributed by atoms with Gasteiger partial charge in [-0.1, -0.05) is 133 Å². The van der Waals surface area contributed by atoms with Crippen molar-refractivity contribution >= 4 is 87.4 Å². The van der Waals surface area contributed by atoms with Crippen LogP contribution >= 0.6 is 0 Å². The quantitative estimate of drug-likeness (QED) is 0.170. The van der Waals surface area contributed by atoms with Crippen LogP contribution in [-0.2, 0) is 0 Å². The Labute approximate surface area is 367 Å². The van der Waals surface area contributed by atoms with Crippen LogP contribution in [0.1, 0.15) is 0 Å². The first kappa shape index (κ1) is 35.0. The molecule has 0 saturated heterocycles. The number of nitrogens with zero attached hydrogens (tertiary/aromatic N) is 3. The monoisotopic (exact) mass is 815 g/mol. The highest BCUT2D eigenvalue weighted by atomic mass is 16.3. The van der Waals surface area contributed by atoms with Gasteiger partial charge in [-0.2, -0.15) is 0 Å². The molecule has 0 spiro atoms. The van der Waals surface area contributed by atoms with Crippen LogP contribution in [0.5, 0.6) is 0 Å². The molecule has 4 nitrogen and oxygen atoms in total. The molecule has 0 saturated carbocycles. The SMILES string of the molecule is c1ccc(-n2c3ccccc3c3cc(-n4c5ccccc5c5cccc(-c6cc7c8ccccc8n(-c8ccccc8)c7cc6-c6ccc7oc8ccccc8c7c6)c54)ccc32)cc1. The minimum Gasteiger partial charge on any atom is -0.456 e. The van der Waals surface area contributed by atoms with E-state index in [0.29, 0.717) is 0 Å². The van der Waals surface area contributed by atoms with E-state index in [1.165, 1.54) is 71.0 Å². The van der Waals surface area contributed by atoms with E-state index in [9.17, 15) is 0 Å². The number of furan rings is 1. The minimum absolute atomic E-state index is 0.886. The third-order valence-electron chi connectivity index (χ3n) is 13.4. The second-order valence-corrected chi connectivity index (χ2v) is 16.9. The van der Waals surface area contributed by atoms with Crippen LogP contribution in [0.25, 0.3) is 127 Å². The summed E-state index contributed by atoms with van der Waals surface area (Å²) in [5.41, 5.74) is 16.9. The number of para-hydroxylation sites is 7. The fourth-order valence-corrected chi connectivity index (χ4v) is 10.7. The molecule has 14 aromatic rings. The van der Waals surface area contributed by atoms with Crippen molar-refractivity contribution in [2.75, 3.05) is 0 Å². The second kappa shape index (κ2) is 13.4. The lowest BCUT2D eigenvalue weighted by molar-refractivity contribution is 0.669. The fraction of sp³-hybridized carbons (Fsp3) is 0. The molecule has 4 aromatic heterocycles. The lowest BCUT2D eigenvalue weighted by Gasteiger charge is -2.17. The molecular formula is C60H37N3O. The summed E-state index contributed by atoms with van der Waals surface area (Å²) in [6.07, 6.45) is 0. The molecule has 0 unspecified atom stereocenters. The summed E-state index contributed by atoms with van der Waals surface area (Å²) in [5, 5.41) is 9.55. The van der Waals surface area contributed by atoms with E-state index in [2.05, 4.69) is 232 Å². The Hall–Kier alpha value is -8.60. The number of fused-ring (bicyclic) bond motifs is 12. The van der Waals surface area contributed by atoms with Crippen LogP contribution in [0.15, 0.2) is 229 Å². The molecule has 0 bridgehead atoms. The van der Waals surface area contributed by atoms with Gasteiger partial charge in [0.15, 0.2) is 0 Å². The van der Waals surface area contributed by atoms with Crippen molar-refractivity contribution in [1.29, 1.82) is 0 Å². The van der Waals surface area contributed by atoms with Crippen molar-refractivity contribution in [2.24, 2.45) is 0 Å². The van der Waals surface area contributed by atoms with Gasteiger partial charge >= 0.3 is 0 Å². The Bertz CT molecular complexity index is 4180. The number of hydrogen-bond acceptors (Lipinski definition) is 1. The van der Waals surface area contributed by atoms with Crippen LogP contribution in [0.3, 0.4) is 0 Å². The maximum atomic E-state index is 6.38. The molecular weight excluding hydrogens is 779 g/mol. The van der Waals surface area contributed by atoms with Crippen LogP contribution in [0.4, 0.5) is 0 Å². The summed E-state index contributed by atoms with van der Waals surface area (Å²) in [6, 6.07) is 81.7. The summed E-state index contributed by atoms with van der Waals surface area (Å²) < 4.78 is 13.7. The molecule has 4 heterocycles. The van der Waals surface area contributed by atoms with Gasteiger partial charge in [0.2, 0.25) is 0 Å². The Morgan fingerprint density at radius 2 is 0.781 bits per heavy atom. The highest BCUT2D eigenvalue weighted by molar-refractivity contribution is 6.19. The average molecular weight is 816 g/mol. The summed E-state index contributed by atoms with van der Waals surface area (Å²) in [6.45, 7) is 0. The van der Waals surface area contributed by atoms with E-state index in [-0.39, 0.29) is 0 Å². The lowest BCUT2D eigenvalue weighted by atomic mass is 9.90. The molecule has 10 aromatic carbocycles. The van der Waals surface area contributed by atoms with Gasteiger partial charge in [0.05, 0.1) is 33.1 Å². The normalized spacial score (nSPS) is 12.1. The summed E-state index contributed by atoms with van der Waals surface area (Å²) >= 11 is 0. The first-order valence-corrected chi connectivity index (χ1v) is 21.9. The first-order valence-electron chi connectivity index (χ1n) is 21.9. The number of benzene rings is 10.